The monoisotopic (exact) mass is 395 g/mol. The molecule has 1 N–H and O–H groups in total. The molecule has 0 atom stereocenters. The minimum absolute atomic E-state index is 0.0903. The second-order valence-corrected chi connectivity index (χ2v) is 7.47. The lowest BCUT2D eigenvalue weighted by molar-refractivity contribution is -0.118. The van der Waals surface area contributed by atoms with Crippen molar-refractivity contribution < 1.29 is 9.53 Å². The third-order valence-corrected chi connectivity index (χ3v) is 5.49. The van der Waals surface area contributed by atoms with Crippen molar-refractivity contribution in [1.82, 2.24) is 4.98 Å². The van der Waals surface area contributed by atoms with Crippen LogP contribution >= 0.6 is 23.1 Å². The molecule has 0 bridgehead atoms. The van der Waals surface area contributed by atoms with Gasteiger partial charge in [-0.3, -0.25) is 4.79 Å². The highest BCUT2D eigenvalue weighted by atomic mass is 32.2. The number of nitriles is 1. The van der Waals surface area contributed by atoms with Gasteiger partial charge in [-0.2, -0.15) is 5.26 Å². The lowest BCUT2D eigenvalue weighted by atomic mass is 10.2. The summed E-state index contributed by atoms with van der Waals surface area (Å²) in [7, 11) is 0. The van der Waals surface area contributed by atoms with Crippen molar-refractivity contribution in [2.75, 3.05) is 17.7 Å². The van der Waals surface area contributed by atoms with Crippen LogP contribution in [-0.2, 0) is 4.79 Å². The van der Waals surface area contributed by atoms with Crippen LogP contribution in [0.3, 0.4) is 0 Å². The number of aryl methyl sites for hydroxylation is 1. The molecule has 0 saturated heterocycles. The van der Waals surface area contributed by atoms with Gasteiger partial charge in [-0.25, -0.2) is 4.98 Å². The van der Waals surface area contributed by atoms with Gasteiger partial charge in [-0.15, -0.1) is 23.1 Å². The summed E-state index contributed by atoms with van der Waals surface area (Å²) in [5.74, 6) is 0.697. The van der Waals surface area contributed by atoms with Crippen LogP contribution < -0.4 is 10.1 Å². The summed E-state index contributed by atoms with van der Waals surface area (Å²) < 4.78 is 5.57. The second-order valence-electron chi connectivity index (χ2n) is 5.60. The lowest BCUT2D eigenvalue weighted by Crippen LogP contribution is -2.20. The number of carbonyl (C=O) groups excluding carboxylic acids is 1. The third-order valence-electron chi connectivity index (χ3n) is 3.54. The van der Waals surface area contributed by atoms with E-state index in [1.807, 2.05) is 60.8 Å². The van der Waals surface area contributed by atoms with E-state index in [0.29, 0.717) is 17.2 Å². The first kappa shape index (κ1) is 19.0. The summed E-state index contributed by atoms with van der Waals surface area (Å²) in [4.78, 5) is 17.5. The Hall–Kier alpha value is -2.82. The van der Waals surface area contributed by atoms with Gasteiger partial charge in [0.05, 0.1) is 17.5 Å². The van der Waals surface area contributed by atoms with E-state index in [0.717, 1.165) is 21.2 Å². The molecule has 0 unspecified atom stereocenters. The molecule has 0 aliphatic rings. The highest BCUT2D eigenvalue weighted by Gasteiger charge is 2.08. The van der Waals surface area contributed by atoms with E-state index >= 15 is 0 Å². The summed E-state index contributed by atoms with van der Waals surface area (Å²) in [6.45, 7) is 1.88. The Bertz CT molecular complexity index is 962. The number of hydrogen-bond donors (Lipinski definition) is 1. The average molecular weight is 396 g/mol. The number of hydrogen-bond acceptors (Lipinski definition) is 6. The molecule has 3 rings (SSSR count). The van der Waals surface area contributed by atoms with Crippen LogP contribution in [0.2, 0.25) is 0 Å². The van der Waals surface area contributed by atoms with E-state index in [1.165, 1.54) is 11.8 Å². The van der Waals surface area contributed by atoms with Crippen molar-refractivity contribution in [3.63, 3.8) is 0 Å². The van der Waals surface area contributed by atoms with E-state index in [-0.39, 0.29) is 12.5 Å². The molecule has 1 amide bonds. The number of nitrogens with one attached hydrogen (secondary N) is 1. The molecule has 3 aromatic rings. The maximum absolute atomic E-state index is 12.2. The first-order valence-corrected chi connectivity index (χ1v) is 10.1. The van der Waals surface area contributed by atoms with Gasteiger partial charge in [0.25, 0.3) is 5.91 Å². The average Bonchev–Trinajstić information content (AvgIpc) is 3.12. The van der Waals surface area contributed by atoms with Gasteiger partial charge in [-0.1, -0.05) is 12.1 Å². The van der Waals surface area contributed by atoms with Crippen molar-refractivity contribution in [2.45, 2.75) is 11.8 Å². The molecule has 1 aromatic heterocycles. The van der Waals surface area contributed by atoms with Gasteiger partial charge in [0, 0.05) is 21.5 Å². The normalized spacial score (nSPS) is 10.2. The third kappa shape index (κ3) is 5.33. The topological polar surface area (TPSA) is 75.0 Å². The SMILES string of the molecule is Cc1csc(-c2ccc(OCC(=O)Nc3ccccc3SCC#N)cc2)n1. The highest BCUT2D eigenvalue weighted by molar-refractivity contribution is 7.99. The molecular weight excluding hydrogens is 378 g/mol. The van der Waals surface area contributed by atoms with Gasteiger partial charge < -0.3 is 10.1 Å². The van der Waals surface area contributed by atoms with Crippen LogP contribution in [0.15, 0.2) is 58.8 Å². The highest BCUT2D eigenvalue weighted by Crippen LogP contribution is 2.27. The zero-order valence-corrected chi connectivity index (χ0v) is 16.3. The number of para-hydroxylation sites is 1. The Kier molecular flexibility index (Phi) is 6.47. The van der Waals surface area contributed by atoms with E-state index < -0.39 is 0 Å². The maximum atomic E-state index is 12.2. The molecule has 0 aliphatic heterocycles. The zero-order valence-electron chi connectivity index (χ0n) is 14.6. The maximum Gasteiger partial charge on any atom is 0.262 e. The van der Waals surface area contributed by atoms with Crippen LogP contribution in [0, 0.1) is 18.3 Å². The van der Waals surface area contributed by atoms with Crippen LogP contribution in [0.1, 0.15) is 5.69 Å². The number of ether oxygens (including phenoxy) is 1. The van der Waals surface area contributed by atoms with Gasteiger partial charge >= 0.3 is 0 Å². The number of carbonyl (C=O) groups is 1. The Morgan fingerprint density at radius 3 is 2.74 bits per heavy atom. The van der Waals surface area contributed by atoms with Crippen LogP contribution in [0.5, 0.6) is 5.75 Å². The van der Waals surface area contributed by atoms with Gasteiger partial charge in [0.2, 0.25) is 0 Å². The van der Waals surface area contributed by atoms with Crippen LogP contribution in [0.4, 0.5) is 5.69 Å². The molecule has 0 aliphatic carbocycles. The molecule has 2 aromatic carbocycles. The smallest absolute Gasteiger partial charge is 0.262 e. The summed E-state index contributed by atoms with van der Waals surface area (Å²) in [6.07, 6.45) is 0. The molecule has 136 valence electrons. The first-order chi connectivity index (χ1) is 13.2. The Morgan fingerprint density at radius 2 is 2.04 bits per heavy atom. The van der Waals surface area contributed by atoms with Crippen molar-refractivity contribution in [3.05, 3.63) is 59.6 Å². The number of benzene rings is 2. The summed E-state index contributed by atoms with van der Waals surface area (Å²) >= 11 is 2.98. The van der Waals surface area contributed by atoms with E-state index in [4.69, 9.17) is 10.00 Å². The largest absolute Gasteiger partial charge is 0.484 e. The predicted molar refractivity (Wildman–Crippen MR) is 109 cm³/mol. The van der Waals surface area contributed by atoms with Gasteiger partial charge in [-0.05, 0) is 43.3 Å². The molecule has 0 radical (unpaired) electrons. The van der Waals surface area contributed by atoms with E-state index in [1.54, 1.807) is 11.3 Å². The van der Waals surface area contributed by atoms with Gasteiger partial charge in [0.1, 0.15) is 10.8 Å². The van der Waals surface area contributed by atoms with Crippen LogP contribution in [0.25, 0.3) is 10.6 Å². The predicted octanol–water partition coefficient (Wildman–Crippen LogP) is 4.75. The Morgan fingerprint density at radius 1 is 1.26 bits per heavy atom. The number of nitrogens with zero attached hydrogens (tertiary/aromatic N) is 2. The standard InChI is InChI=1S/C20H17N3O2S2/c1-14-13-27-20(22-14)15-6-8-16(9-7-15)25-12-19(24)23-17-4-2-3-5-18(17)26-11-10-21/h2-9,13H,11-12H2,1H3,(H,23,24). The fourth-order valence-corrected chi connectivity index (χ4v) is 3.79. The molecular formula is C20H17N3O2S2. The Balaban J connectivity index is 1.56. The Labute approximate surface area is 166 Å². The van der Waals surface area contributed by atoms with Crippen LogP contribution in [-0.4, -0.2) is 23.3 Å². The minimum atomic E-state index is -0.250. The van der Waals surface area contributed by atoms with Gasteiger partial charge in [0.15, 0.2) is 6.61 Å². The molecule has 7 heteroatoms. The molecule has 27 heavy (non-hydrogen) atoms. The molecule has 5 nitrogen and oxygen atoms in total. The lowest BCUT2D eigenvalue weighted by Gasteiger charge is -2.10. The quantitative estimate of drug-likeness (QED) is 0.584. The number of thiazole rings is 1. The number of amides is 1. The van der Waals surface area contributed by atoms with Crippen molar-refractivity contribution >= 4 is 34.7 Å². The van der Waals surface area contributed by atoms with Crippen molar-refractivity contribution in [3.8, 4) is 22.4 Å². The van der Waals surface area contributed by atoms with Crippen molar-refractivity contribution in [1.29, 1.82) is 5.26 Å². The first-order valence-electron chi connectivity index (χ1n) is 8.19. The summed E-state index contributed by atoms with van der Waals surface area (Å²) in [5, 5.41) is 14.5. The zero-order chi connectivity index (χ0) is 19.1. The van der Waals surface area contributed by atoms with Crippen molar-refractivity contribution in [2.24, 2.45) is 0 Å². The molecule has 1 heterocycles. The second kappa shape index (κ2) is 9.21. The van der Waals surface area contributed by atoms with E-state index in [9.17, 15) is 4.79 Å². The fraction of sp³-hybridized carbons (Fsp3) is 0.150. The number of thioether (sulfide) groups is 1. The summed E-state index contributed by atoms with van der Waals surface area (Å²) in [6, 6.07) is 17.0. The molecule has 0 spiro atoms. The number of rotatable bonds is 7. The fourth-order valence-electron chi connectivity index (χ4n) is 2.32. The van der Waals surface area contributed by atoms with E-state index in [2.05, 4.69) is 16.4 Å². The number of aromatic nitrogens is 1. The number of anilines is 1. The molecule has 0 fully saturated rings. The molecule has 0 saturated carbocycles. The minimum Gasteiger partial charge on any atom is -0.484 e. The summed E-state index contributed by atoms with van der Waals surface area (Å²) in [5.41, 5.74) is 2.70.